The molecule has 3 rings (SSSR count). The third-order valence-electron chi connectivity index (χ3n) is 3.93. The lowest BCUT2D eigenvalue weighted by Gasteiger charge is -2.25. The Kier molecular flexibility index (Phi) is 3.15. The molecule has 1 heterocycles. The number of anilines is 1. The van der Waals surface area contributed by atoms with E-state index in [0.717, 1.165) is 5.56 Å². The van der Waals surface area contributed by atoms with Crippen LogP contribution in [0.15, 0.2) is 30.3 Å². The Morgan fingerprint density at radius 1 is 1.19 bits per heavy atom. The molecule has 3 nitrogen and oxygen atoms in total. The van der Waals surface area contributed by atoms with Crippen molar-refractivity contribution in [3.8, 4) is 5.75 Å². The maximum Gasteiger partial charge on any atom is 0.239 e. The third-order valence-corrected chi connectivity index (χ3v) is 4.47. The van der Waals surface area contributed by atoms with Gasteiger partial charge in [0.15, 0.2) is 0 Å². The summed E-state index contributed by atoms with van der Waals surface area (Å²) in [6.45, 7) is 3.64. The monoisotopic (exact) mass is 321 g/mol. The molecule has 21 heavy (non-hydrogen) atoms. The number of benzene rings is 2. The molecule has 0 bridgehead atoms. The van der Waals surface area contributed by atoms with Gasteiger partial charge in [0.25, 0.3) is 0 Å². The van der Waals surface area contributed by atoms with Gasteiger partial charge in [-0.05, 0) is 49.7 Å². The molecule has 0 saturated heterocycles. The Morgan fingerprint density at radius 2 is 1.90 bits per heavy atom. The van der Waals surface area contributed by atoms with Crippen LogP contribution < -0.4 is 5.32 Å². The lowest BCUT2D eigenvalue weighted by Crippen LogP contribution is -2.32. The average Bonchev–Trinajstić information content (AvgIpc) is 2.65. The first-order valence-electron chi connectivity index (χ1n) is 6.45. The molecule has 108 valence electrons. The van der Waals surface area contributed by atoms with E-state index in [-0.39, 0.29) is 11.7 Å². The first kappa shape index (κ1) is 14.2. The predicted octanol–water partition coefficient (Wildman–Crippen LogP) is 4.27. The molecule has 2 aromatic carbocycles. The Bertz CT molecular complexity index is 773. The molecule has 5 heteroatoms. The number of hydrogen-bond donors (Lipinski definition) is 2. The highest BCUT2D eigenvalue weighted by molar-refractivity contribution is 6.33. The summed E-state index contributed by atoms with van der Waals surface area (Å²) in [6.07, 6.45) is 0. The average molecular weight is 322 g/mol. The Morgan fingerprint density at radius 3 is 2.62 bits per heavy atom. The van der Waals surface area contributed by atoms with Crippen molar-refractivity contribution < 1.29 is 9.90 Å². The van der Waals surface area contributed by atoms with Crippen molar-refractivity contribution in [2.45, 2.75) is 19.3 Å². The third kappa shape index (κ3) is 2.00. The quantitative estimate of drug-likeness (QED) is 0.824. The number of hydrogen-bond acceptors (Lipinski definition) is 2. The second-order valence-corrected chi connectivity index (χ2v) is 6.25. The van der Waals surface area contributed by atoms with E-state index in [1.807, 2.05) is 13.0 Å². The van der Waals surface area contributed by atoms with Crippen molar-refractivity contribution in [3.05, 3.63) is 57.1 Å². The van der Waals surface area contributed by atoms with Crippen LogP contribution in [0.3, 0.4) is 0 Å². The zero-order valence-corrected chi connectivity index (χ0v) is 13.0. The number of fused-ring (bicyclic) bond motifs is 1. The maximum absolute atomic E-state index is 12.6. The van der Waals surface area contributed by atoms with Crippen LogP contribution in [0.5, 0.6) is 5.75 Å². The fourth-order valence-electron chi connectivity index (χ4n) is 2.88. The largest absolute Gasteiger partial charge is 0.508 e. The standard InChI is InChI=1S/C16H13Cl2NO2/c1-8-5-11(18)14-12(6-8)19-15(21)16(14,2)10-7-9(17)3-4-13(10)20/h3-7,20H,1-2H3,(H,19,21). The molecule has 1 atom stereocenters. The summed E-state index contributed by atoms with van der Waals surface area (Å²) in [6, 6.07) is 8.33. The molecule has 0 aromatic heterocycles. The van der Waals surface area contributed by atoms with Crippen molar-refractivity contribution >= 4 is 34.8 Å². The van der Waals surface area contributed by atoms with Gasteiger partial charge < -0.3 is 10.4 Å². The number of phenolic OH excluding ortho intramolecular Hbond substituents is 1. The number of aryl methyl sites for hydroxylation is 1. The minimum atomic E-state index is -1.07. The summed E-state index contributed by atoms with van der Waals surface area (Å²) < 4.78 is 0. The van der Waals surface area contributed by atoms with Gasteiger partial charge in [0.1, 0.15) is 11.2 Å². The van der Waals surface area contributed by atoms with Crippen LogP contribution in [0, 0.1) is 6.92 Å². The molecule has 0 spiro atoms. The highest BCUT2D eigenvalue weighted by Crippen LogP contribution is 2.49. The van der Waals surface area contributed by atoms with E-state index in [2.05, 4.69) is 5.32 Å². The summed E-state index contributed by atoms with van der Waals surface area (Å²) in [5, 5.41) is 13.9. The Hall–Kier alpha value is -1.71. The van der Waals surface area contributed by atoms with Gasteiger partial charge in [-0.25, -0.2) is 0 Å². The summed E-state index contributed by atoms with van der Waals surface area (Å²) in [5.41, 5.74) is 1.66. The van der Waals surface area contributed by atoms with E-state index >= 15 is 0 Å². The van der Waals surface area contributed by atoms with E-state index in [1.165, 1.54) is 6.07 Å². The zero-order chi connectivity index (χ0) is 15.4. The van der Waals surface area contributed by atoms with Crippen LogP contribution in [0.1, 0.15) is 23.6 Å². The van der Waals surface area contributed by atoms with Crippen LogP contribution in [-0.2, 0) is 10.2 Å². The van der Waals surface area contributed by atoms with E-state index < -0.39 is 5.41 Å². The van der Waals surface area contributed by atoms with Crippen molar-refractivity contribution in [3.63, 3.8) is 0 Å². The first-order valence-corrected chi connectivity index (χ1v) is 7.20. The van der Waals surface area contributed by atoms with Gasteiger partial charge >= 0.3 is 0 Å². The van der Waals surface area contributed by atoms with E-state index in [4.69, 9.17) is 23.2 Å². The van der Waals surface area contributed by atoms with Gasteiger partial charge in [0, 0.05) is 26.9 Å². The first-order chi connectivity index (χ1) is 9.84. The van der Waals surface area contributed by atoms with E-state index in [9.17, 15) is 9.90 Å². The number of rotatable bonds is 1. The van der Waals surface area contributed by atoms with E-state index in [1.54, 1.807) is 25.1 Å². The lowest BCUT2D eigenvalue weighted by atomic mass is 9.76. The fourth-order valence-corrected chi connectivity index (χ4v) is 3.51. The predicted molar refractivity (Wildman–Crippen MR) is 84.4 cm³/mol. The Balaban J connectivity index is 2.33. The van der Waals surface area contributed by atoms with Gasteiger partial charge in [0.05, 0.1) is 0 Å². The van der Waals surface area contributed by atoms with Crippen LogP contribution in [-0.4, -0.2) is 11.0 Å². The summed E-state index contributed by atoms with van der Waals surface area (Å²) in [4.78, 5) is 12.6. The van der Waals surface area contributed by atoms with Crippen LogP contribution >= 0.6 is 23.2 Å². The fraction of sp³-hybridized carbons (Fsp3) is 0.188. The number of halogens is 2. The molecule has 0 fully saturated rings. The second-order valence-electron chi connectivity index (χ2n) is 5.41. The summed E-state index contributed by atoms with van der Waals surface area (Å²) in [7, 11) is 0. The van der Waals surface area contributed by atoms with Crippen LogP contribution in [0.25, 0.3) is 0 Å². The highest BCUT2D eigenvalue weighted by atomic mass is 35.5. The number of aromatic hydroxyl groups is 1. The molecule has 1 amide bonds. The molecule has 1 aliphatic rings. The topological polar surface area (TPSA) is 49.3 Å². The van der Waals surface area contributed by atoms with Gasteiger partial charge in [-0.1, -0.05) is 23.2 Å². The molecule has 1 unspecified atom stereocenters. The minimum absolute atomic E-state index is 0.0153. The summed E-state index contributed by atoms with van der Waals surface area (Å²) in [5.74, 6) is -0.218. The van der Waals surface area contributed by atoms with Gasteiger partial charge in [-0.3, -0.25) is 4.79 Å². The molecular formula is C16H13Cl2NO2. The molecule has 0 aliphatic carbocycles. The number of nitrogens with one attached hydrogen (secondary N) is 1. The zero-order valence-electron chi connectivity index (χ0n) is 11.5. The second kappa shape index (κ2) is 4.65. The SMILES string of the molecule is Cc1cc(Cl)c2c(c1)NC(=O)C2(C)c1cc(Cl)ccc1O. The maximum atomic E-state index is 12.6. The van der Waals surface area contributed by atoms with Crippen molar-refractivity contribution in [1.29, 1.82) is 0 Å². The number of phenols is 1. The molecule has 0 saturated carbocycles. The van der Waals surface area contributed by atoms with Crippen LogP contribution in [0.2, 0.25) is 10.0 Å². The normalized spacial score (nSPS) is 20.3. The van der Waals surface area contributed by atoms with Gasteiger partial charge in [-0.2, -0.15) is 0 Å². The lowest BCUT2D eigenvalue weighted by molar-refractivity contribution is -0.119. The molecule has 2 N–H and O–H groups in total. The smallest absolute Gasteiger partial charge is 0.239 e. The summed E-state index contributed by atoms with van der Waals surface area (Å²) >= 11 is 12.4. The Labute approximate surface area is 132 Å². The van der Waals surface area contributed by atoms with Gasteiger partial charge in [-0.15, -0.1) is 0 Å². The number of amides is 1. The van der Waals surface area contributed by atoms with Crippen molar-refractivity contribution in [2.75, 3.05) is 5.32 Å². The highest BCUT2D eigenvalue weighted by Gasteiger charge is 2.47. The van der Waals surface area contributed by atoms with Gasteiger partial charge in [0.2, 0.25) is 5.91 Å². The van der Waals surface area contributed by atoms with E-state index in [0.29, 0.717) is 26.9 Å². The van der Waals surface area contributed by atoms with Crippen LogP contribution in [0.4, 0.5) is 5.69 Å². The van der Waals surface area contributed by atoms with Crippen molar-refractivity contribution in [1.82, 2.24) is 0 Å². The number of carbonyl (C=O) groups is 1. The number of carbonyl (C=O) groups excluding carboxylic acids is 1. The molecule has 0 radical (unpaired) electrons. The molecule has 1 aliphatic heterocycles. The molecular weight excluding hydrogens is 309 g/mol. The molecule has 2 aromatic rings. The van der Waals surface area contributed by atoms with Crippen molar-refractivity contribution in [2.24, 2.45) is 0 Å². The minimum Gasteiger partial charge on any atom is -0.508 e.